The van der Waals surface area contributed by atoms with Gasteiger partial charge in [-0.1, -0.05) is 90.5 Å². The molecule has 4 nitrogen and oxygen atoms in total. The van der Waals surface area contributed by atoms with E-state index in [9.17, 15) is 14.4 Å². The lowest BCUT2D eigenvalue weighted by atomic mass is 9.92. The van der Waals surface area contributed by atoms with Crippen molar-refractivity contribution in [1.82, 2.24) is 5.32 Å². The predicted molar refractivity (Wildman–Crippen MR) is 116 cm³/mol. The van der Waals surface area contributed by atoms with Crippen molar-refractivity contribution in [2.75, 3.05) is 0 Å². The van der Waals surface area contributed by atoms with Crippen molar-refractivity contribution < 1.29 is 14.4 Å². The van der Waals surface area contributed by atoms with Crippen LogP contribution in [-0.2, 0) is 13.0 Å². The lowest BCUT2D eigenvalue weighted by Gasteiger charge is -2.19. The SMILES string of the molecule is O=C(Cc1ccccc1)c1ccc(CNC2=C(Cl)C(=O)c3ccccc3C2=O)cc1. The summed E-state index contributed by atoms with van der Waals surface area (Å²) in [6, 6.07) is 23.4. The second-order valence-corrected chi connectivity index (χ2v) is 7.41. The summed E-state index contributed by atoms with van der Waals surface area (Å²) in [4.78, 5) is 37.6. The van der Waals surface area contributed by atoms with E-state index in [-0.39, 0.29) is 28.1 Å². The molecule has 0 fully saturated rings. The highest BCUT2D eigenvalue weighted by Crippen LogP contribution is 2.27. The normalized spacial score (nSPS) is 13.2. The van der Waals surface area contributed by atoms with Crippen LogP contribution in [0.4, 0.5) is 0 Å². The summed E-state index contributed by atoms with van der Waals surface area (Å²) in [6.07, 6.45) is 0.344. The van der Waals surface area contributed by atoms with Gasteiger partial charge in [0.05, 0.1) is 0 Å². The molecular formula is C25H18ClNO3. The molecule has 0 bridgehead atoms. The molecule has 3 aromatic carbocycles. The van der Waals surface area contributed by atoms with Gasteiger partial charge in [-0.2, -0.15) is 0 Å². The van der Waals surface area contributed by atoms with Crippen molar-refractivity contribution in [3.8, 4) is 0 Å². The molecule has 0 saturated carbocycles. The molecule has 1 aliphatic rings. The molecule has 0 spiro atoms. The molecule has 0 aliphatic heterocycles. The summed E-state index contributed by atoms with van der Waals surface area (Å²) in [5.41, 5.74) is 3.22. The molecule has 3 aromatic rings. The second kappa shape index (κ2) is 8.47. The van der Waals surface area contributed by atoms with Crippen LogP contribution in [0.5, 0.6) is 0 Å². The number of allylic oxidation sites excluding steroid dienone is 2. The van der Waals surface area contributed by atoms with Gasteiger partial charge in [0.1, 0.15) is 10.7 Å². The molecule has 0 amide bonds. The number of fused-ring (bicyclic) bond motifs is 1. The van der Waals surface area contributed by atoms with Gasteiger partial charge in [-0.25, -0.2) is 0 Å². The summed E-state index contributed by atoms with van der Waals surface area (Å²) in [6.45, 7) is 0.305. The number of hydrogen-bond acceptors (Lipinski definition) is 4. The summed E-state index contributed by atoms with van der Waals surface area (Å²) < 4.78 is 0. The van der Waals surface area contributed by atoms with E-state index in [2.05, 4.69) is 5.32 Å². The highest BCUT2D eigenvalue weighted by atomic mass is 35.5. The Hall–Kier alpha value is -3.50. The number of nitrogens with one attached hydrogen (secondary N) is 1. The number of ketones is 3. The number of hydrogen-bond donors (Lipinski definition) is 1. The zero-order valence-electron chi connectivity index (χ0n) is 16.0. The molecule has 0 saturated heterocycles. The molecule has 5 heteroatoms. The Bertz CT molecular complexity index is 1160. The maximum Gasteiger partial charge on any atom is 0.211 e. The molecule has 0 radical (unpaired) electrons. The molecular weight excluding hydrogens is 398 g/mol. The lowest BCUT2D eigenvalue weighted by Crippen LogP contribution is -2.28. The van der Waals surface area contributed by atoms with E-state index in [0.717, 1.165) is 11.1 Å². The smallest absolute Gasteiger partial charge is 0.211 e. The van der Waals surface area contributed by atoms with Crippen LogP contribution in [-0.4, -0.2) is 17.3 Å². The van der Waals surface area contributed by atoms with Crippen LogP contribution in [0.25, 0.3) is 0 Å². The van der Waals surface area contributed by atoms with Crippen molar-refractivity contribution >= 4 is 29.0 Å². The summed E-state index contributed by atoms with van der Waals surface area (Å²) in [5.74, 6) is -0.628. The Kier molecular flexibility index (Phi) is 5.59. The third-order valence-corrected chi connectivity index (χ3v) is 5.38. The zero-order valence-corrected chi connectivity index (χ0v) is 16.8. The Labute approximate surface area is 179 Å². The fraction of sp³-hybridized carbons (Fsp3) is 0.0800. The average Bonchev–Trinajstić information content (AvgIpc) is 2.78. The molecule has 148 valence electrons. The minimum Gasteiger partial charge on any atom is -0.376 e. The van der Waals surface area contributed by atoms with Gasteiger partial charge in [0.15, 0.2) is 5.78 Å². The predicted octanol–water partition coefficient (Wildman–Crippen LogP) is 4.73. The van der Waals surface area contributed by atoms with Crippen LogP contribution >= 0.6 is 11.6 Å². The number of carbonyl (C=O) groups is 3. The highest BCUT2D eigenvalue weighted by molar-refractivity contribution is 6.49. The van der Waals surface area contributed by atoms with E-state index in [0.29, 0.717) is 29.7 Å². The first-order chi connectivity index (χ1) is 14.5. The van der Waals surface area contributed by atoms with Crippen molar-refractivity contribution in [3.05, 3.63) is 117 Å². The summed E-state index contributed by atoms with van der Waals surface area (Å²) in [5, 5.41) is 2.89. The first-order valence-electron chi connectivity index (χ1n) is 9.52. The fourth-order valence-corrected chi connectivity index (χ4v) is 3.64. The van der Waals surface area contributed by atoms with E-state index >= 15 is 0 Å². The van der Waals surface area contributed by atoms with Gasteiger partial charge in [0.25, 0.3) is 0 Å². The van der Waals surface area contributed by atoms with Crippen molar-refractivity contribution in [2.24, 2.45) is 0 Å². The van der Waals surface area contributed by atoms with Crippen LogP contribution in [0.2, 0.25) is 0 Å². The van der Waals surface area contributed by atoms with E-state index in [1.807, 2.05) is 42.5 Å². The van der Waals surface area contributed by atoms with Gasteiger partial charge in [-0.3, -0.25) is 14.4 Å². The Morgan fingerprint density at radius 3 is 2.00 bits per heavy atom. The highest BCUT2D eigenvalue weighted by Gasteiger charge is 2.30. The maximum absolute atomic E-state index is 12.7. The van der Waals surface area contributed by atoms with Gasteiger partial charge in [-0.05, 0) is 11.1 Å². The summed E-state index contributed by atoms with van der Waals surface area (Å²) in [7, 11) is 0. The van der Waals surface area contributed by atoms with Crippen LogP contribution in [0.3, 0.4) is 0 Å². The Morgan fingerprint density at radius 1 is 0.733 bits per heavy atom. The van der Waals surface area contributed by atoms with Gasteiger partial charge in [0, 0.05) is 29.7 Å². The quantitative estimate of drug-likeness (QED) is 0.591. The maximum atomic E-state index is 12.7. The van der Waals surface area contributed by atoms with Crippen molar-refractivity contribution in [3.63, 3.8) is 0 Å². The number of carbonyl (C=O) groups excluding carboxylic acids is 3. The largest absolute Gasteiger partial charge is 0.376 e. The average molecular weight is 416 g/mol. The monoisotopic (exact) mass is 415 g/mol. The standard InChI is InChI=1S/C25H18ClNO3/c26-22-23(25(30)20-9-5-4-8-19(20)24(22)29)27-15-17-10-12-18(13-11-17)21(28)14-16-6-2-1-3-7-16/h1-13,27H,14-15H2. The number of rotatable bonds is 6. The number of Topliss-reactive ketones (excluding diaryl/α,β-unsaturated/α-hetero) is 3. The molecule has 0 atom stereocenters. The minimum absolute atomic E-state index is 0.0381. The lowest BCUT2D eigenvalue weighted by molar-refractivity contribution is 0.0974. The third-order valence-electron chi connectivity index (χ3n) is 5.01. The van der Waals surface area contributed by atoms with E-state index in [4.69, 9.17) is 11.6 Å². The topological polar surface area (TPSA) is 63.2 Å². The Morgan fingerprint density at radius 2 is 1.33 bits per heavy atom. The molecule has 0 heterocycles. The summed E-state index contributed by atoms with van der Waals surface area (Å²) >= 11 is 6.17. The van der Waals surface area contributed by atoms with E-state index < -0.39 is 0 Å². The molecule has 4 rings (SSSR count). The molecule has 0 aromatic heterocycles. The number of benzene rings is 3. The first kappa shape index (κ1) is 19.8. The molecule has 1 N–H and O–H groups in total. The van der Waals surface area contributed by atoms with Crippen LogP contribution < -0.4 is 5.32 Å². The van der Waals surface area contributed by atoms with E-state index in [1.165, 1.54) is 0 Å². The van der Waals surface area contributed by atoms with Crippen molar-refractivity contribution in [1.29, 1.82) is 0 Å². The van der Waals surface area contributed by atoms with Crippen molar-refractivity contribution in [2.45, 2.75) is 13.0 Å². The first-order valence-corrected chi connectivity index (χ1v) is 9.90. The van der Waals surface area contributed by atoms with Gasteiger partial charge in [0.2, 0.25) is 11.6 Å². The third kappa shape index (κ3) is 3.95. The zero-order chi connectivity index (χ0) is 21.1. The van der Waals surface area contributed by atoms with E-state index in [1.54, 1.807) is 36.4 Å². The van der Waals surface area contributed by atoms with Crippen LogP contribution in [0.1, 0.15) is 42.2 Å². The fourth-order valence-electron chi connectivity index (χ4n) is 3.39. The minimum atomic E-state index is -0.365. The molecule has 1 aliphatic carbocycles. The van der Waals surface area contributed by atoms with Gasteiger partial charge < -0.3 is 5.32 Å². The van der Waals surface area contributed by atoms with Gasteiger partial charge in [-0.15, -0.1) is 0 Å². The second-order valence-electron chi connectivity index (χ2n) is 7.03. The molecule has 0 unspecified atom stereocenters. The van der Waals surface area contributed by atoms with Crippen LogP contribution in [0, 0.1) is 0 Å². The Balaban J connectivity index is 1.44. The number of halogens is 1. The van der Waals surface area contributed by atoms with Crippen LogP contribution in [0.15, 0.2) is 89.6 Å². The van der Waals surface area contributed by atoms with Gasteiger partial charge >= 0.3 is 0 Å². The molecule has 30 heavy (non-hydrogen) atoms.